The molecule has 4 rings (SSSR count). The molecular weight excluding hydrogens is 517 g/mol. The van der Waals surface area contributed by atoms with Crippen LogP contribution in [0.2, 0.25) is 5.02 Å². The normalized spacial score (nSPS) is 21.0. The summed E-state index contributed by atoms with van der Waals surface area (Å²) < 4.78 is 38.9. The molecule has 2 atom stereocenters. The number of nitrogens with one attached hydrogen (secondary N) is 4. The molecule has 1 aromatic carbocycles. The van der Waals surface area contributed by atoms with Crippen LogP contribution in [0.5, 0.6) is 0 Å². The van der Waals surface area contributed by atoms with Gasteiger partial charge >= 0.3 is 6.18 Å². The van der Waals surface area contributed by atoms with Gasteiger partial charge in [0.25, 0.3) is 11.8 Å². The first kappa shape index (κ1) is 26.9. The first-order chi connectivity index (χ1) is 17.4. The maximum absolute atomic E-state index is 13.2. The van der Waals surface area contributed by atoms with Crippen molar-refractivity contribution in [1.29, 1.82) is 0 Å². The number of benzene rings is 1. The highest BCUT2D eigenvalue weighted by molar-refractivity contribution is 6.38. The average Bonchev–Trinajstić information content (AvgIpc) is 3.74. The van der Waals surface area contributed by atoms with Crippen molar-refractivity contribution in [3.05, 3.63) is 28.8 Å². The highest BCUT2D eigenvalue weighted by Gasteiger charge is 2.56. The van der Waals surface area contributed by atoms with Gasteiger partial charge < -0.3 is 21.3 Å². The maximum atomic E-state index is 13.2. The summed E-state index contributed by atoms with van der Waals surface area (Å²) in [7, 11) is 0. The van der Waals surface area contributed by atoms with Gasteiger partial charge in [0, 0.05) is 23.5 Å². The second kappa shape index (κ2) is 10.3. The SMILES string of the molecule is O=C(NC1CC1)C(=O)[C@H](C[C@@H]1CCNC1=O)NC(=O)c1cc(Cl)ccc1NC(=O)C1(CC(F)(F)F)CC1. The summed E-state index contributed by atoms with van der Waals surface area (Å²) in [4.78, 5) is 63.4. The van der Waals surface area contributed by atoms with Crippen LogP contribution >= 0.6 is 11.6 Å². The van der Waals surface area contributed by atoms with Crippen molar-refractivity contribution in [2.75, 3.05) is 11.9 Å². The predicted octanol–water partition coefficient (Wildman–Crippen LogP) is 2.48. The Balaban J connectivity index is 1.52. The number of hydrogen-bond donors (Lipinski definition) is 4. The Hall–Kier alpha value is -3.15. The molecule has 2 saturated carbocycles. The van der Waals surface area contributed by atoms with Gasteiger partial charge in [0.2, 0.25) is 17.6 Å². The van der Waals surface area contributed by atoms with E-state index in [1.807, 2.05) is 0 Å². The summed E-state index contributed by atoms with van der Waals surface area (Å²) in [5, 5.41) is 10.2. The zero-order chi connectivity index (χ0) is 27.0. The van der Waals surface area contributed by atoms with E-state index in [1.165, 1.54) is 18.2 Å². The molecule has 13 heteroatoms. The number of ketones is 1. The van der Waals surface area contributed by atoms with E-state index in [-0.39, 0.29) is 47.5 Å². The van der Waals surface area contributed by atoms with Gasteiger partial charge in [-0.3, -0.25) is 24.0 Å². The van der Waals surface area contributed by atoms with Crippen LogP contribution in [0.15, 0.2) is 18.2 Å². The second-order valence-electron chi connectivity index (χ2n) is 9.87. The summed E-state index contributed by atoms with van der Waals surface area (Å²) >= 11 is 6.03. The van der Waals surface area contributed by atoms with Gasteiger partial charge in [0.15, 0.2) is 0 Å². The average molecular weight is 543 g/mol. The van der Waals surface area contributed by atoms with E-state index >= 15 is 0 Å². The van der Waals surface area contributed by atoms with Gasteiger partial charge in [0.05, 0.1) is 29.1 Å². The van der Waals surface area contributed by atoms with Crippen LogP contribution in [0.25, 0.3) is 0 Å². The molecule has 4 N–H and O–H groups in total. The van der Waals surface area contributed by atoms with Crippen molar-refractivity contribution in [2.45, 2.75) is 63.2 Å². The standard InChI is InChI=1S/C24H26ClF3N4O5/c25-13-1-4-16(32-22(37)23(6-7-23)11-24(26,27)28)15(10-13)20(35)31-17(9-12-5-8-29-19(12)34)18(33)21(36)30-14-2-3-14/h1,4,10,12,14,17H,2-3,5-9,11H2,(H,29,34)(H,30,36)(H,31,35)(H,32,37)/t12-,17-/m0/s1. The first-order valence-electron chi connectivity index (χ1n) is 12.0. The Bertz CT molecular complexity index is 1130. The molecule has 0 aromatic heterocycles. The Labute approximate surface area is 215 Å². The molecule has 3 fully saturated rings. The van der Waals surface area contributed by atoms with Crippen LogP contribution in [-0.2, 0) is 19.2 Å². The molecule has 1 saturated heterocycles. The number of carbonyl (C=O) groups is 5. The molecule has 0 spiro atoms. The van der Waals surface area contributed by atoms with E-state index in [0.717, 1.165) is 12.8 Å². The van der Waals surface area contributed by atoms with Crippen molar-refractivity contribution in [2.24, 2.45) is 11.3 Å². The van der Waals surface area contributed by atoms with Gasteiger partial charge in [-0.05, 0) is 56.7 Å². The minimum Gasteiger partial charge on any atom is -0.356 e. The quantitative estimate of drug-likeness (QED) is 0.337. The minimum absolute atomic E-state index is 0.0591. The molecule has 0 unspecified atom stereocenters. The highest BCUT2D eigenvalue weighted by atomic mass is 35.5. The van der Waals surface area contributed by atoms with E-state index < -0.39 is 53.5 Å². The Morgan fingerprint density at radius 3 is 2.41 bits per heavy atom. The summed E-state index contributed by atoms with van der Waals surface area (Å²) in [5.41, 5.74) is -1.88. The molecule has 200 valence electrons. The maximum Gasteiger partial charge on any atom is 0.390 e. The summed E-state index contributed by atoms with van der Waals surface area (Å²) in [6, 6.07) is 2.38. The zero-order valence-corrected chi connectivity index (χ0v) is 20.4. The Morgan fingerprint density at radius 1 is 1.14 bits per heavy atom. The van der Waals surface area contributed by atoms with Crippen LogP contribution < -0.4 is 21.3 Å². The third kappa shape index (κ3) is 6.79. The van der Waals surface area contributed by atoms with Crippen molar-refractivity contribution in [3.63, 3.8) is 0 Å². The fourth-order valence-electron chi connectivity index (χ4n) is 4.35. The number of hydrogen-bond acceptors (Lipinski definition) is 5. The smallest absolute Gasteiger partial charge is 0.356 e. The molecule has 4 amide bonds. The molecule has 37 heavy (non-hydrogen) atoms. The highest BCUT2D eigenvalue weighted by Crippen LogP contribution is 2.53. The van der Waals surface area contributed by atoms with E-state index in [9.17, 15) is 37.1 Å². The monoisotopic (exact) mass is 542 g/mol. The third-order valence-corrected chi connectivity index (χ3v) is 7.02. The van der Waals surface area contributed by atoms with Gasteiger partial charge in [0.1, 0.15) is 0 Å². The van der Waals surface area contributed by atoms with Crippen molar-refractivity contribution in [1.82, 2.24) is 16.0 Å². The molecule has 3 aliphatic rings. The molecule has 1 aliphatic heterocycles. The Kier molecular flexibility index (Phi) is 7.50. The molecule has 1 heterocycles. The van der Waals surface area contributed by atoms with Gasteiger partial charge in [-0.25, -0.2) is 0 Å². The lowest BCUT2D eigenvalue weighted by Crippen LogP contribution is -2.49. The van der Waals surface area contributed by atoms with Crippen LogP contribution in [0.4, 0.5) is 18.9 Å². The van der Waals surface area contributed by atoms with Crippen LogP contribution in [0, 0.1) is 11.3 Å². The van der Waals surface area contributed by atoms with Crippen molar-refractivity contribution < 1.29 is 37.1 Å². The van der Waals surface area contributed by atoms with Crippen molar-refractivity contribution in [3.8, 4) is 0 Å². The topological polar surface area (TPSA) is 133 Å². The van der Waals surface area contributed by atoms with Crippen molar-refractivity contribution >= 4 is 46.7 Å². The minimum atomic E-state index is -4.53. The van der Waals surface area contributed by atoms with Crippen LogP contribution in [-0.4, -0.2) is 54.2 Å². The summed E-state index contributed by atoms with van der Waals surface area (Å²) in [5.74, 6) is -4.46. The number of halogens is 4. The third-order valence-electron chi connectivity index (χ3n) is 6.79. The molecule has 2 aliphatic carbocycles. The summed E-state index contributed by atoms with van der Waals surface area (Å²) in [6.07, 6.45) is -3.92. The van der Waals surface area contributed by atoms with E-state index in [2.05, 4.69) is 21.3 Å². The Morgan fingerprint density at radius 2 is 1.84 bits per heavy atom. The number of Topliss-reactive ketones (excluding diaryl/α,β-unsaturated/α-hetero) is 1. The fourth-order valence-corrected chi connectivity index (χ4v) is 4.52. The number of carbonyl (C=O) groups excluding carboxylic acids is 5. The molecule has 0 radical (unpaired) electrons. The summed E-state index contributed by atoms with van der Waals surface area (Å²) in [6.45, 7) is 0.400. The van der Waals surface area contributed by atoms with E-state index in [0.29, 0.717) is 13.0 Å². The largest absolute Gasteiger partial charge is 0.390 e. The van der Waals surface area contributed by atoms with E-state index in [1.54, 1.807) is 0 Å². The lowest BCUT2D eigenvalue weighted by atomic mass is 9.95. The molecule has 0 bridgehead atoms. The first-order valence-corrected chi connectivity index (χ1v) is 12.4. The van der Waals surface area contributed by atoms with Gasteiger partial charge in [-0.15, -0.1) is 0 Å². The number of alkyl halides is 3. The second-order valence-corrected chi connectivity index (χ2v) is 10.3. The fraction of sp³-hybridized carbons (Fsp3) is 0.542. The van der Waals surface area contributed by atoms with Crippen LogP contribution in [0.3, 0.4) is 0 Å². The number of anilines is 1. The number of rotatable bonds is 10. The lowest BCUT2D eigenvalue weighted by molar-refractivity contribution is -0.155. The van der Waals surface area contributed by atoms with Gasteiger partial charge in [-0.1, -0.05) is 11.6 Å². The van der Waals surface area contributed by atoms with Crippen LogP contribution in [0.1, 0.15) is 55.3 Å². The predicted molar refractivity (Wildman–Crippen MR) is 126 cm³/mol. The van der Waals surface area contributed by atoms with Gasteiger partial charge in [-0.2, -0.15) is 13.2 Å². The molecule has 1 aromatic rings. The molecular formula is C24H26ClF3N4O5. The molecule has 9 nitrogen and oxygen atoms in total. The number of amides is 4. The lowest BCUT2D eigenvalue weighted by Gasteiger charge is -2.21. The van der Waals surface area contributed by atoms with E-state index in [4.69, 9.17) is 11.6 Å². The zero-order valence-electron chi connectivity index (χ0n) is 19.7.